The Morgan fingerprint density at radius 2 is 1.84 bits per heavy atom. The highest BCUT2D eigenvalue weighted by molar-refractivity contribution is 5.78. The van der Waals surface area contributed by atoms with Crippen LogP contribution < -0.4 is 15.2 Å². The van der Waals surface area contributed by atoms with Gasteiger partial charge in [-0.3, -0.25) is 14.6 Å². The molecule has 32 heavy (non-hydrogen) atoms. The van der Waals surface area contributed by atoms with Crippen molar-refractivity contribution in [3.05, 3.63) is 58.9 Å². The monoisotopic (exact) mass is 439 g/mol. The second kappa shape index (κ2) is 9.33. The molecule has 0 N–H and O–H groups in total. The first-order valence-electron chi connectivity index (χ1n) is 10.7. The summed E-state index contributed by atoms with van der Waals surface area (Å²) < 4.78 is 20.2. The van der Waals surface area contributed by atoms with Gasteiger partial charge in [0, 0.05) is 38.9 Å². The quantitative estimate of drug-likeness (QED) is 0.587. The molecule has 3 heterocycles. The van der Waals surface area contributed by atoms with E-state index in [2.05, 4.69) is 23.8 Å². The lowest BCUT2D eigenvalue weighted by molar-refractivity contribution is -0.133. The van der Waals surface area contributed by atoms with Crippen LogP contribution in [0.2, 0.25) is 0 Å². The number of pyridine rings is 1. The molecular formula is C23H26FN5O3. The molecule has 1 amide bonds. The third-order valence-corrected chi connectivity index (χ3v) is 5.39. The lowest BCUT2D eigenvalue weighted by Gasteiger charge is -2.35. The summed E-state index contributed by atoms with van der Waals surface area (Å²) in [6.45, 7) is 6.52. The number of ether oxygens (including phenoxy) is 1. The Morgan fingerprint density at radius 3 is 2.53 bits per heavy atom. The number of anilines is 1. The summed E-state index contributed by atoms with van der Waals surface area (Å²) in [5.74, 6) is 0.634. The molecule has 1 aliphatic rings. The fourth-order valence-corrected chi connectivity index (χ4v) is 3.76. The first kappa shape index (κ1) is 21.7. The number of rotatable bonds is 6. The zero-order valence-electron chi connectivity index (χ0n) is 18.2. The Balaban J connectivity index is 1.44. The number of hydrogen-bond donors (Lipinski definition) is 0. The van der Waals surface area contributed by atoms with Crippen molar-refractivity contribution in [2.45, 2.75) is 20.4 Å². The summed E-state index contributed by atoms with van der Waals surface area (Å²) in [7, 11) is 0. The fourth-order valence-electron chi connectivity index (χ4n) is 3.76. The standard InChI is InChI=1S/C23H26FN5O3/c1-16(2)14-29-20-13-25-8-7-19(20)26-22(23(29)31)28-11-9-27(10-12-28)21(30)15-32-18-5-3-17(24)4-6-18/h3-8,13,16H,9-12,14-15H2,1-2H3. The number of carbonyl (C=O) groups excluding carboxylic acids is 1. The lowest BCUT2D eigenvalue weighted by Crippen LogP contribution is -2.51. The summed E-state index contributed by atoms with van der Waals surface area (Å²) in [6.07, 6.45) is 3.34. The van der Waals surface area contributed by atoms with Gasteiger partial charge in [-0.1, -0.05) is 13.8 Å². The lowest BCUT2D eigenvalue weighted by atomic mass is 10.2. The summed E-state index contributed by atoms with van der Waals surface area (Å²) >= 11 is 0. The molecule has 2 aromatic heterocycles. The van der Waals surface area contributed by atoms with E-state index >= 15 is 0 Å². The van der Waals surface area contributed by atoms with Crippen LogP contribution in [0.1, 0.15) is 13.8 Å². The van der Waals surface area contributed by atoms with Gasteiger partial charge in [-0.15, -0.1) is 0 Å². The Bertz CT molecular complexity index is 1150. The van der Waals surface area contributed by atoms with E-state index < -0.39 is 0 Å². The Labute approximate surface area is 185 Å². The molecule has 0 aliphatic carbocycles. The van der Waals surface area contributed by atoms with Crippen LogP contribution in [0, 0.1) is 11.7 Å². The zero-order chi connectivity index (χ0) is 22.7. The van der Waals surface area contributed by atoms with Crippen molar-refractivity contribution >= 4 is 22.8 Å². The van der Waals surface area contributed by atoms with Crippen LogP contribution in [0.5, 0.6) is 5.75 Å². The molecule has 4 rings (SSSR count). The van der Waals surface area contributed by atoms with Crippen LogP contribution >= 0.6 is 0 Å². The Hall–Kier alpha value is -3.49. The molecule has 8 nitrogen and oxygen atoms in total. The molecule has 1 aliphatic heterocycles. The number of amides is 1. The normalized spacial score (nSPS) is 14.2. The minimum atomic E-state index is -0.356. The van der Waals surface area contributed by atoms with Crippen molar-refractivity contribution in [1.29, 1.82) is 0 Å². The van der Waals surface area contributed by atoms with Gasteiger partial charge < -0.3 is 19.1 Å². The first-order chi connectivity index (χ1) is 15.4. The van der Waals surface area contributed by atoms with Crippen molar-refractivity contribution in [3.8, 4) is 5.75 Å². The number of fused-ring (bicyclic) bond motifs is 1. The highest BCUT2D eigenvalue weighted by Crippen LogP contribution is 2.17. The average Bonchev–Trinajstić information content (AvgIpc) is 2.80. The van der Waals surface area contributed by atoms with Gasteiger partial charge in [0.15, 0.2) is 12.4 Å². The van der Waals surface area contributed by atoms with Gasteiger partial charge in [0.2, 0.25) is 0 Å². The van der Waals surface area contributed by atoms with Gasteiger partial charge in [-0.25, -0.2) is 9.37 Å². The molecule has 0 spiro atoms. The van der Waals surface area contributed by atoms with E-state index in [1.54, 1.807) is 21.9 Å². The van der Waals surface area contributed by atoms with Crippen LogP contribution in [0.15, 0.2) is 47.5 Å². The van der Waals surface area contributed by atoms with Crippen molar-refractivity contribution < 1.29 is 13.9 Å². The molecule has 0 atom stereocenters. The maximum atomic E-state index is 13.2. The zero-order valence-corrected chi connectivity index (χ0v) is 18.2. The van der Waals surface area contributed by atoms with Gasteiger partial charge in [0.25, 0.3) is 11.5 Å². The van der Waals surface area contributed by atoms with Crippen LogP contribution in [0.3, 0.4) is 0 Å². The van der Waals surface area contributed by atoms with Crippen molar-refractivity contribution in [3.63, 3.8) is 0 Å². The van der Waals surface area contributed by atoms with Gasteiger partial charge >= 0.3 is 0 Å². The van der Waals surface area contributed by atoms with Crippen LogP contribution in [0.25, 0.3) is 11.0 Å². The van der Waals surface area contributed by atoms with E-state index in [0.29, 0.717) is 50.2 Å². The highest BCUT2D eigenvalue weighted by atomic mass is 19.1. The molecule has 3 aromatic rings. The summed E-state index contributed by atoms with van der Waals surface area (Å²) in [4.78, 5) is 38.1. The number of hydrogen-bond acceptors (Lipinski definition) is 6. The van der Waals surface area contributed by atoms with Gasteiger partial charge in [0.1, 0.15) is 11.6 Å². The van der Waals surface area contributed by atoms with Crippen molar-refractivity contribution in [2.75, 3.05) is 37.7 Å². The predicted octanol–water partition coefficient (Wildman–Crippen LogP) is 2.31. The average molecular weight is 439 g/mol. The van der Waals surface area contributed by atoms with E-state index in [9.17, 15) is 14.0 Å². The van der Waals surface area contributed by atoms with E-state index in [1.807, 2.05) is 11.0 Å². The summed E-state index contributed by atoms with van der Waals surface area (Å²) in [6, 6.07) is 7.36. The Kier molecular flexibility index (Phi) is 6.34. The van der Waals surface area contributed by atoms with E-state index in [4.69, 9.17) is 4.74 Å². The first-order valence-corrected chi connectivity index (χ1v) is 10.7. The predicted molar refractivity (Wildman–Crippen MR) is 119 cm³/mol. The molecule has 0 bridgehead atoms. The number of carbonyl (C=O) groups is 1. The van der Waals surface area contributed by atoms with Gasteiger partial charge in [0.05, 0.1) is 17.2 Å². The largest absolute Gasteiger partial charge is 0.484 e. The topological polar surface area (TPSA) is 80.6 Å². The fraction of sp³-hybridized carbons (Fsp3) is 0.391. The summed E-state index contributed by atoms with van der Waals surface area (Å²) in [5, 5.41) is 0. The minimum Gasteiger partial charge on any atom is -0.484 e. The van der Waals surface area contributed by atoms with Gasteiger partial charge in [-0.05, 0) is 36.2 Å². The molecule has 0 saturated carbocycles. The third kappa shape index (κ3) is 4.71. The molecule has 1 saturated heterocycles. The number of aromatic nitrogens is 3. The van der Waals surface area contributed by atoms with E-state index in [1.165, 1.54) is 24.3 Å². The van der Waals surface area contributed by atoms with E-state index in [0.717, 1.165) is 11.0 Å². The summed E-state index contributed by atoms with van der Waals surface area (Å²) in [5.41, 5.74) is 1.31. The molecule has 0 radical (unpaired) electrons. The maximum absolute atomic E-state index is 13.2. The second-order valence-electron chi connectivity index (χ2n) is 8.22. The SMILES string of the molecule is CC(C)Cn1c(=O)c(N2CCN(C(=O)COc3ccc(F)cc3)CC2)nc2ccncc21. The molecule has 9 heteroatoms. The molecule has 0 unspecified atom stereocenters. The second-order valence-corrected chi connectivity index (χ2v) is 8.22. The van der Waals surface area contributed by atoms with Gasteiger partial charge in [-0.2, -0.15) is 0 Å². The van der Waals surface area contributed by atoms with Crippen LogP contribution in [-0.2, 0) is 11.3 Å². The maximum Gasteiger partial charge on any atom is 0.294 e. The smallest absolute Gasteiger partial charge is 0.294 e. The number of halogens is 1. The molecular weight excluding hydrogens is 413 g/mol. The highest BCUT2D eigenvalue weighted by Gasteiger charge is 2.25. The minimum absolute atomic E-state index is 0.117. The van der Waals surface area contributed by atoms with E-state index in [-0.39, 0.29) is 23.9 Å². The van der Waals surface area contributed by atoms with Crippen LogP contribution in [0.4, 0.5) is 10.2 Å². The number of piperazine rings is 1. The number of nitrogens with zero attached hydrogens (tertiary/aromatic N) is 5. The number of benzene rings is 1. The molecule has 1 fully saturated rings. The van der Waals surface area contributed by atoms with Crippen molar-refractivity contribution in [2.24, 2.45) is 5.92 Å². The molecule has 168 valence electrons. The Morgan fingerprint density at radius 1 is 1.12 bits per heavy atom. The molecule has 1 aromatic carbocycles. The van der Waals surface area contributed by atoms with Crippen molar-refractivity contribution in [1.82, 2.24) is 19.4 Å². The third-order valence-electron chi connectivity index (χ3n) is 5.39. The van der Waals surface area contributed by atoms with Crippen LogP contribution in [-0.4, -0.2) is 58.1 Å².